The van der Waals surface area contributed by atoms with Crippen LogP contribution in [0.5, 0.6) is 11.5 Å². The van der Waals surface area contributed by atoms with Crippen molar-refractivity contribution in [3.63, 3.8) is 0 Å². The van der Waals surface area contributed by atoms with E-state index in [1.165, 1.54) is 12.1 Å². The van der Waals surface area contributed by atoms with Crippen molar-refractivity contribution in [1.29, 1.82) is 0 Å². The number of nitrogens with one attached hydrogen (secondary N) is 2. The first kappa shape index (κ1) is 21.8. The number of aromatic nitrogens is 2. The Bertz CT molecular complexity index is 1230. The molecule has 5 rings (SSSR count). The van der Waals surface area contributed by atoms with Crippen LogP contribution in [0, 0.1) is 0 Å². The third-order valence-electron chi connectivity index (χ3n) is 5.50. The highest BCUT2D eigenvalue weighted by molar-refractivity contribution is 5.79. The predicted octanol–water partition coefficient (Wildman–Crippen LogP) is 3.96. The number of nitrogens with zero attached hydrogens (tertiary/aromatic N) is 3. The van der Waals surface area contributed by atoms with Crippen molar-refractivity contribution in [2.24, 2.45) is 0 Å². The van der Waals surface area contributed by atoms with Gasteiger partial charge in [0.05, 0.1) is 36.1 Å². The standard InChI is InChI=1S/C23H20F3N5O3/c24-23(25,26)15-2-1-3-16(10-15)29-22-28-11-17-18(30-22)12-31(7-6-27-17)21(32)9-14-4-5-19-20(8-14)34-13-33-19/h1-5,8,10-11,27H,6-7,9,12-13H2,(H,28,29,30). The minimum Gasteiger partial charge on any atom is -0.454 e. The van der Waals surface area contributed by atoms with Crippen LogP contribution in [0.2, 0.25) is 0 Å². The summed E-state index contributed by atoms with van der Waals surface area (Å²) in [6, 6.07) is 10.2. The number of rotatable bonds is 4. The molecule has 0 spiro atoms. The molecule has 2 aliphatic rings. The molecule has 0 atom stereocenters. The number of anilines is 3. The molecule has 11 heteroatoms. The van der Waals surface area contributed by atoms with Crippen LogP contribution in [0.25, 0.3) is 0 Å². The van der Waals surface area contributed by atoms with Gasteiger partial charge >= 0.3 is 6.18 Å². The summed E-state index contributed by atoms with van der Waals surface area (Å²) in [4.78, 5) is 23.3. The summed E-state index contributed by atoms with van der Waals surface area (Å²) in [7, 11) is 0. The lowest BCUT2D eigenvalue weighted by atomic mass is 10.1. The van der Waals surface area contributed by atoms with Crippen LogP contribution in [-0.4, -0.2) is 40.7 Å². The van der Waals surface area contributed by atoms with E-state index in [-0.39, 0.29) is 37.3 Å². The maximum Gasteiger partial charge on any atom is 0.416 e. The number of hydrogen-bond acceptors (Lipinski definition) is 7. The minimum absolute atomic E-state index is 0.0838. The number of carbonyl (C=O) groups excluding carboxylic acids is 1. The summed E-state index contributed by atoms with van der Waals surface area (Å²) >= 11 is 0. The Morgan fingerprint density at radius 2 is 2.00 bits per heavy atom. The van der Waals surface area contributed by atoms with Crippen LogP contribution < -0.4 is 20.1 Å². The molecule has 176 valence electrons. The van der Waals surface area contributed by atoms with Crippen molar-refractivity contribution < 1.29 is 27.4 Å². The lowest BCUT2D eigenvalue weighted by Gasteiger charge is -2.20. The van der Waals surface area contributed by atoms with Gasteiger partial charge in [0.2, 0.25) is 18.6 Å². The molecule has 34 heavy (non-hydrogen) atoms. The summed E-state index contributed by atoms with van der Waals surface area (Å²) in [5.41, 5.74) is 1.50. The quantitative estimate of drug-likeness (QED) is 0.596. The molecule has 3 heterocycles. The van der Waals surface area contributed by atoms with Crippen molar-refractivity contribution in [3.05, 3.63) is 65.5 Å². The molecule has 0 fully saturated rings. The van der Waals surface area contributed by atoms with E-state index in [9.17, 15) is 18.0 Å². The van der Waals surface area contributed by atoms with E-state index in [0.717, 1.165) is 17.7 Å². The Morgan fingerprint density at radius 3 is 2.85 bits per heavy atom. The molecule has 0 saturated carbocycles. The summed E-state index contributed by atoms with van der Waals surface area (Å²) in [5, 5.41) is 6.01. The van der Waals surface area contributed by atoms with E-state index in [2.05, 4.69) is 20.6 Å². The molecular weight excluding hydrogens is 451 g/mol. The van der Waals surface area contributed by atoms with E-state index in [1.807, 2.05) is 6.07 Å². The second kappa shape index (κ2) is 8.73. The highest BCUT2D eigenvalue weighted by Crippen LogP contribution is 2.33. The lowest BCUT2D eigenvalue weighted by molar-refractivity contribution is -0.137. The average molecular weight is 471 g/mol. The van der Waals surface area contributed by atoms with Gasteiger partial charge in [0.25, 0.3) is 0 Å². The highest BCUT2D eigenvalue weighted by Gasteiger charge is 2.30. The summed E-state index contributed by atoms with van der Waals surface area (Å²) < 4.78 is 49.7. The number of alkyl halides is 3. The molecular formula is C23H20F3N5O3. The fourth-order valence-electron chi connectivity index (χ4n) is 3.78. The van der Waals surface area contributed by atoms with Gasteiger partial charge in [-0.25, -0.2) is 9.97 Å². The van der Waals surface area contributed by atoms with Crippen molar-refractivity contribution in [2.75, 3.05) is 30.5 Å². The zero-order valence-corrected chi connectivity index (χ0v) is 17.9. The molecule has 2 aromatic carbocycles. The number of ether oxygens (including phenoxy) is 2. The molecule has 3 aromatic rings. The molecule has 0 radical (unpaired) electrons. The molecule has 1 amide bonds. The topological polar surface area (TPSA) is 88.6 Å². The monoisotopic (exact) mass is 471 g/mol. The summed E-state index contributed by atoms with van der Waals surface area (Å²) in [5.74, 6) is 1.33. The fraction of sp³-hybridized carbons (Fsp3) is 0.261. The van der Waals surface area contributed by atoms with Gasteiger partial charge < -0.3 is 25.0 Å². The van der Waals surface area contributed by atoms with Gasteiger partial charge in [0, 0.05) is 18.8 Å². The van der Waals surface area contributed by atoms with Crippen LogP contribution >= 0.6 is 0 Å². The Balaban J connectivity index is 1.31. The lowest BCUT2D eigenvalue weighted by Crippen LogP contribution is -2.34. The zero-order valence-electron chi connectivity index (χ0n) is 17.9. The second-order valence-corrected chi connectivity index (χ2v) is 7.86. The molecule has 2 aliphatic heterocycles. The first-order valence-corrected chi connectivity index (χ1v) is 10.6. The fourth-order valence-corrected chi connectivity index (χ4v) is 3.78. The first-order chi connectivity index (χ1) is 16.3. The van der Waals surface area contributed by atoms with E-state index in [0.29, 0.717) is 36.0 Å². The van der Waals surface area contributed by atoms with Gasteiger partial charge in [0.15, 0.2) is 11.5 Å². The van der Waals surface area contributed by atoms with E-state index < -0.39 is 11.7 Å². The Labute approximate surface area is 192 Å². The highest BCUT2D eigenvalue weighted by atomic mass is 19.4. The van der Waals surface area contributed by atoms with E-state index in [1.54, 1.807) is 23.2 Å². The van der Waals surface area contributed by atoms with Crippen LogP contribution in [0.15, 0.2) is 48.7 Å². The second-order valence-electron chi connectivity index (χ2n) is 7.86. The SMILES string of the molecule is O=C(Cc1ccc2c(c1)OCO2)N1CCNc2cnc(Nc3cccc(C(F)(F)F)c3)nc2C1. The van der Waals surface area contributed by atoms with Crippen LogP contribution in [0.4, 0.5) is 30.5 Å². The molecule has 1 aromatic heterocycles. The average Bonchev–Trinajstić information content (AvgIpc) is 3.16. The molecule has 0 bridgehead atoms. The Hall–Kier alpha value is -4.02. The van der Waals surface area contributed by atoms with Crippen LogP contribution in [0.1, 0.15) is 16.8 Å². The first-order valence-electron chi connectivity index (χ1n) is 10.6. The molecule has 0 aliphatic carbocycles. The summed E-state index contributed by atoms with van der Waals surface area (Å²) in [6.45, 7) is 1.39. The molecule has 8 nitrogen and oxygen atoms in total. The Morgan fingerprint density at radius 1 is 1.15 bits per heavy atom. The molecule has 0 saturated heterocycles. The number of halogens is 3. The third-order valence-corrected chi connectivity index (χ3v) is 5.50. The zero-order chi connectivity index (χ0) is 23.7. The van der Waals surface area contributed by atoms with Gasteiger partial charge in [-0.3, -0.25) is 4.79 Å². The van der Waals surface area contributed by atoms with Gasteiger partial charge in [0.1, 0.15) is 0 Å². The number of amides is 1. The largest absolute Gasteiger partial charge is 0.454 e. The van der Waals surface area contributed by atoms with Crippen LogP contribution in [-0.2, 0) is 23.9 Å². The normalized spacial score (nSPS) is 14.7. The number of carbonyl (C=O) groups is 1. The van der Waals surface area contributed by atoms with Crippen molar-refractivity contribution >= 4 is 23.2 Å². The number of benzene rings is 2. The number of fused-ring (bicyclic) bond motifs is 2. The van der Waals surface area contributed by atoms with Gasteiger partial charge in [-0.05, 0) is 35.9 Å². The van der Waals surface area contributed by atoms with Crippen LogP contribution in [0.3, 0.4) is 0 Å². The van der Waals surface area contributed by atoms with E-state index >= 15 is 0 Å². The maximum absolute atomic E-state index is 13.0. The molecule has 0 unspecified atom stereocenters. The minimum atomic E-state index is -4.45. The van der Waals surface area contributed by atoms with Crippen molar-refractivity contribution in [1.82, 2.24) is 14.9 Å². The Kier molecular flexibility index (Phi) is 5.60. The van der Waals surface area contributed by atoms with Gasteiger partial charge in [-0.2, -0.15) is 13.2 Å². The van der Waals surface area contributed by atoms with Crippen molar-refractivity contribution in [2.45, 2.75) is 19.1 Å². The molecule has 2 N–H and O–H groups in total. The third kappa shape index (κ3) is 4.68. The predicted molar refractivity (Wildman–Crippen MR) is 117 cm³/mol. The maximum atomic E-state index is 13.0. The van der Waals surface area contributed by atoms with Crippen molar-refractivity contribution in [3.8, 4) is 11.5 Å². The van der Waals surface area contributed by atoms with Gasteiger partial charge in [-0.15, -0.1) is 0 Å². The number of hydrogen-bond donors (Lipinski definition) is 2. The van der Waals surface area contributed by atoms with E-state index in [4.69, 9.17) is 9.47 Å². The summed E-state index contributed by atoms with van der Waals surface area (Å²) in [6.07, 6.45) is -2.70. The smallest absolute Gasteiger partial charge is 0.416 e. The van der Waals surface area contributed by atoms with Gasteiger partial charge in [-0.1, -0.05) is 12.1 Å².